The SMILES string of the molecule is c1ccc(-c2ccc(Nc3cccc(-c4cccc5ccccc45)c3)c3c2oc2ccccc23)cc1. The molecule has 1 heterocycles. The minimum absolute atomic E-state index is 0.892. The molecule has 0 spiro atoms. The third-order valence-electron chi connectivity index (χ3n) is 6.85. The summed E-state index contributed by atoms with van der Waals surface area (Å²) >= 11 is 0. The molecule has 0 radical (unpaired) electrons. The molecule has 0 aliphatic carbocycles. The molecule has 0 saturated heterocycles. The van der Waals surface area contributed by atoms with E-state index in [1.165, 1.54) is 21.9 Å². The van der Waals surface area contributed by atoms with Crippen LogP contribution in [0.5, 0.6) is 0 Å². The second kappa shape index (κ2) is 8.44. The minimum Gasteiger partial charge on any atom is -0.455 e. The molecule has 6 aromatic carbocycles. The van der Waals surface area contributed by atoms with Crippen LogP contribution in [0, 0.1) is 0 Å². The summed E-state index contributed by atoms with van der Waals surface area (Å²) < 4.78 is 6.42. The van der Waals surface area contributed by atoms with Crippen molar-refractivity contribution in [1.82, 2.24) is 0 Å². The molecule has 0 saturated carbocycles. The molecule has 0 amide bonds. The molecule has 7 aromatic rings. The molecule has 0 atom stereocenters. The molecule has 0 fully saturated rings. The van der Waals surface area contributed by atoms with Crippen molar-refractivity contribution in [2.45, 2.75) is 0 Å². The third kappa shape index (κ3) is 3.43. The van der Waals surface area contributed by atoms with Gasteiger partial charge in [0.15, 0.2) is 0 Å². The van der Waals surface area contributed by atoms with E-state index in [1.54, 1.807) is 0 Å². The molecule has 170 valence electrons. The van der Waals surface area contributed by atoms with Crippen LogP contribution >= 0.6 is 0 Å². The van der Waals surface area contributed by atoms with Crippen LogP contribution in [0.15, 0.2) is 138 Å². The van der Waals surface area contributed by atoms with Gasteiger partial charge in [0.25, 0.3) is 0 Å². The van der Waals surface area contributed by atoms with Crippen molar-refractivity contribution < 1.29 is 4.42 Å². The van der Waals surface area contributed by atoms with E-state index in [1.807, 2.05) is 18.2 Å². The van der Waals surface area contributed by atoms with E-state index in [2.05, 4.69) is 121 Å². The van der Waals surface area contributed by atoms with Gasteiger partial charge >= 0.3 is 0 Å². The lowest BCUT2D eigenvalue weighted by Crippen LogP contribution is -1.93. The fraction of sp³-hybridized carbons (Fsp3) is 0. The van der Waals surface area contributed by atoms with Crippen LogP contribution in [-0.2, 0) is 0 Å². The predicted molar refractivity (Wildman–Crippen MR) is 152 cm³/mol. The number of para-hydroxylation sites is 1. The van der Waals surface area contributed by atoms with Crippen LogP contribution in [0.25, 0.3) is 55.0 Å². The molecular formula is C34H23NO. The quantitative estimate of drug-likeness (QED) is 0.282. The van der Waals surface area contributed by atoms with Crippen LogP contribution in [0.1, 0.15) is 0 Å². The second-order valence-corrected chi connectivity index (χ2v) is 9.06. The summed E-state index contributed by atoms with van der Waals surface area (Å²) in [6.07, 6.45) is 0. The number of fused-ring (bicyclic) bond motifs is 4. The first-order valence-electron chi connectivity index (χ1n) is 12.2. The Bertz CT molecular complexity index is 1860. The predicted octanol–water partition coefficient (Wildman–Crippen LogP) is 9.82. The summed E-state index contributed by atoms with van der Waals surface area (Å²) in [5, 5.41) is 8.41. The fourth-order valence-corrected chi connectivity index (χ4v) is 5.17. The van der Waals surface area contributed by atoms with Crippen LogP contribution in [0.2, 0.25) is 0 Å². The fourth-order valence-electron chi connectivity index (χ4n) is 5.17. The maximum atomic E-state index is 6.42. The highest BCUT2D eigenvalue weighted by Gasteiger charge is 2.16. The summed E-state index contributed by atoms with van der Waals surface area (Å²) in [4.78, 5) is 0. The van der Waals surface area contributed by atoms with Crippen LogP contribution < -0.4 is 5.32 Å². The van der Waals surface area contributed by atoms with E-state index in [4.69, 9.17) is 4.42 Å². The number of hydrogen-bond donors (Lipinski definition) is 1. The summed E-state index contributed by atoms with van der Waals surface area (Å²) in [5.41, 5.74) is 8.52. The van der Waals surface area contributed by atoms with Crippen molar-refractivity contribution in [3.8, 4) is 22.3 Å². The van der Waals surface area contributed by atoms with E-state index < -0.39 is 0 Å². The molecule has 1 aromatic heterocycles. The van der Waals surface area contributed by atoms with Crippen molar-refractivity contribution in [3.63, 3.8) is 0 Å². The van der Waals surface area contributed by atoms with Crippen molar-refractivity contribution in [1.29, 1.82) is 0 Å². The van der Waals surface area contributed by atoms with Crippen LogP contribution in [-0.4, -0.2) is 0 Å². The van der Waals surface area contributed by atoms with Gasteiger partial charge < -0.3 is 9.73 Å². The number of benzene rings is 6. The second-order valence-electron chi connectivity index (χ2n) is 9.06. The summed E-state index contributed by atoms with van der Waals surface area (Å²) in [7, 11) is 0. The van der Waals surface area contributed by atoms with Gasteiger partial charge in [-0.2, -0.15) is 0 Å². The van der Waals surface area contributed by atoms with Gasteiger partial charge in [0.1, 0.15) is 11.2 Å². The first kappa shape index (κ1) is 20.5. The zero-order valence-corrected chi connectivity index (χ0v) is 19.6. The molecule has 7 rings (SSSR count). The Balaban J connectivity index is 1.37. The number of hydrogen-bond acceptors (Lipinski definition) is 2. The minimum atomic E-state index is 0.892. The zero-order chi connectivity index (χ0) is 23.9. The molecule has 0 unspecified atom stereocenters. The molecule has 0 aliphatic heterocycles. The van der Waals surface area contributed by atoms with E-state index >= 15 is 0 Å². The van der Waals surface area contributed by atoms with Gasteiger partial charge in [-0.3, -0.25) is 0 Å². The van der Waals surface area contributed by atoms with Gasteiger partial charge in [0.2, 0.25) is 0 Å². The summed E-state index contributed by atoms with van der Waals surface area (Å²) in [6.45, 7) is 0. The maximum absolute atomic E-state index is 6.42. The van der Waals surface area contributed by atoms with E-state index in [-0.39, 0.29) is 0 Å². The van der Waals surface area contributed by atoms with Gasteiger partial charge in [0.05, 0.1) is 11.1 Å². The van der Waals surface area contributed by atoms with Crippen molar-refractivity contribution in [3.05, 3.63) is 133 Å². The number of rotatable bonds is 4. The number of nitrogens with one attached hydrogen (secondary N) is 1. The molecule has 1 N–H and O–H groups in total. The lowest BCUT2D eigenvalue weighted by Gasteiger charge is -2.13. The normalized spacial score (nSPS) is 11.3. The third-order valence-corrected chi connectivity index (χ3v) is 6.85. The monoisotopic (exact) mass is 461 g/mol. The number of furan rings is 1. The first-order valence-corrected chi connectivity index (χ1v) is 12.2. The summed E-state index contributed by atoms with van der Waals surface area (Å²) in [6, 6.07) is 46.6. The van der Waals surface area contributed by atoms with Gasteiger partial charge in [0, 0.05) is 16.6 Å². The largest absolute Gasteiger partial charge is 0.455 e. The zero-order valence-electron chi connectivity index (χ0n) is 19.6. The molecular weight excluding hydrogens is 438 g/mol. The Morgan fingerprint density at radius 3 is 2.14 bits per heavy atom. The Morgan fingerprint density at radius 2 is 1.22 bits per heavy atom. The highest BCUT2D eigenvalue weighted by atomic mass is 16.3. The average molecular weight is 462 g/mol. The number of anilines is 2. The van der Waals surface area contributed by atoms with Gasteiger partial charge in [-0.15, -0.1) is 0 Å². The van der Waals surface area contributed by atoms with E-state index in [9.17, 15) is 0 Å². The highest BCUT2D eigenvalue weighted by molar-refractivity contribution is 6.16. The molecule has 2 heteroatoms. The summed E-state index contributed by atoms with van der Waals surface area (Å²) in [5.74, 6) is 0. The average Bonchev–Trinajstić information content (AvgIpc) is 3.34. The van der Waals surface area contributed by atoms with Gasteiger partial charge in [-0.25, -0.2) is 0 Å². The van der Waals surface area contributed by atoms with Crippen molar-refractivity contribution in [2.75, 3.05) is 5.32 Å². The first-order chi connectivity index (χ1) is 17.8. The van der Waals surface area contributed by atoms with Crippen molar-refractivity contribution in [2.24, 2.45) is 0 Å². The molecule has 2 nitrogen and oxygen atoms in total. The van der Waals surface area contributed by atoms with E-state index in [0.717, 1.165) is 44.4 Å². The Hall–Kier alpha value is -4.82. The van der Waals surface area contributed by atoms with Crippen molar-refractivity contribution >= 4 is 44.1 Å². The van der Waals surface area contributed by atoms with E-state index in [0.29, 0.717) is 0 Å². The molecule has 0 bridgehead atoms. The van der Waals surface area contributed by atoms with Crippen LogP contribution in [0.4, 0.5) is 11.4 Å². The molecule has 36 heavy (non-hydrogen) atoms. The highest BCUT2D eigenvalue weighted by Crippen LogP contribution is 2.41. The Kier molecular flexibility index (Phi) is 4.82. The Morgan fingerprint density at radius 1 is 0.500 bits per heavy atom. The van der Waals surface area contributed by atoms with Crippen LogP contribution in [0.3, 0.4) is 0 Å². The Labute approximate surface area is 209 Å². The smallest absolute Gasteiger partial charge is 0.145 e. The lowest BCUT2D eigenvalue weighted by atomic mass is 9.98. The van der Waals surface area contributed by atoms with Gasteiger partial charge in [-0.1, -0.05) is 103 Å². The molecule has 0 aliphatic rings. The standard InChI is InChI=1S/C34H23NO/c1-2-10-24(11-3-1)29-20-21-31(33-30-17-6-7-19-32(30)36-34(29)33)35-26-15-8-14-25(22-26)28-18-9-13-23-12-4-5-16-27(23)28/h1-22,35H. The topological polar surface area (TPSA) is 25.2 Å². The maximum Gasteiger partial charge on any atom is 0.145 e. The lowest BCUT2D eigenvalue weighted by molar-refractivity contribution is 0.670. The van der Waals surface area contributed by atoms with Gasteiger partial charge in [-0.05, 0) is 57.8 Å².